The van der Waals surface area contributed by atoms with Crippen molar-refractivity contribution in [3.05, 3.63) is 33.9 Å². The lowest BCUT2D eigenvalue weighted by Gasteiger charge is -2.04. The number of nitro groups is 1. The van der Waals surface area contributed by atoms with Crippen LogP contribution in [0.2, 0.25) is 0 Å². The maximum atomic E-state index is 10.7. The second-order valence-corrected chi connectivity index (χ2v) is 3.42. The van der Waals surface area contributed by atoms with Crippen LogP contribution in [0.3, 0.4) is 0 Å². The molecule has 0 aliphatic rings. The number of thiocarbonyl (C=S) groups is 1. The largest absolute Gasteiger partial charge is 0.497 e. The fourth-order valence-corrected chi connectivity index (χ4v) is 1.35. The molecular formula is C9H10N2O3S. The van der Waals surface area contributed by atoms with Crippen LogP contribution in [0.4, 0.5) is 5.69 Å². The molecule has 0 unspecified atom stereocenters. The van der Waals surface area contributed by atoms with E-state index in [4.69, 9.17) is 22.7 Å². The normalized spacial score (nSPS) is 9.67. The highest BCUT2D eigenvalue weighted by Gasteiger charge is 2.14. The minimum Gasteiger partial charge on any atom is -0.497 e. The minimum atomic E-state index is -0.465. The Morgan fingerprint density at radius 1 is 1.67 bits per heavy atom. The number of nitrogens with two attached hydrogens (primary N) is 1. The van der Waals surface area contributed by atoms with E-state index in [1.165, 1.54) is 19.2 Å². The van der Waals surface area contributed by atoms with Crippen LogP contribution in [0.25, 0.3) is 0 Å². The third-order valence-corrected chi connectivity index (χ3v) is 1.99. The summed E-state index contributed by atoms with van der Waals surface area (Å²) in [4.78, 5) is 10.4. The average molecular weight is 226 g/mol. The number of methoxy groups -OCH3 is 1. The Balaban J connectivity index is 3.16. The van der Waals surface area contributed by atoms with Gasteiger partial charge < -0.3 is 10.5 Å². The van der Waals surface area contributed by atoms with Crippen molar-refractivity contribution < 1.29 is 9.66 Å². The molecule has 5 nitrogen and oxygen atoms in total. The highest BCUT2D eigenvalue weighted by molar-refractivity contribution is 7.80. The van der Waals surface area contributed by atoms with Gasteiger partial charge in [0.05, 0.1) is 17.0 Å². The van der Waals surface area contributed by atoms with E-state index in [1.54, 1.807) is 6.07 Å². The molecule has 0 saturated heterocycles. The molecule has 0 aliphatic carbocycles. The molecule has 0 atom stereocenters. The Morgan fingerprint density at radius 3 is 2.80 bits per heavy atom. The van der Waals surface area contributed by atoms with Gasteiger partial charge in [-0.3, -0.25) is 10.1 Å². The molecular weight excluding hydrogens is 216 g/mol. The van der Waals surface area contributed by atoms with Crippen LogP contribution in [0.1, 0.15) is 5.56 Å². The minimum absolute atomic E-state index is 0.00333. The van der Waals surface area contributed by atoms with Gasteiger partial charge in [0, 0.05) is 18.1 Å². The first-order valence-electron chi connectivity index (χ1n) is 4.14. The van der Waals surface area contributed by atoms with E-state index in [0.717, 1.165) is 0 Å². The van der Waals surface area contributed by atoms with E-state index in [-0.39, 0.29) is 17.1 Å². The first-order chi connectivity index (χ1) is 7.04. The van der Waals surface area contributed by atoms with Crippen molar-refractivity contribution in [1.29, 1.82) is 0 Å². The molecule has 6 heteroatoms. The number of hydrogen-bond acceptors (Lipinski definition) is 4. The topological polar surface area (TPSA) is 78.4 Å². The number of ether oxygens (including phenoxy) is 1. The van der Waals surface area contributed by atoms with Crippen molar-refractivity contribution in [3.63, 3.8) is 0 Å². The lowest BCUT2D eigenvalue weighted by Crippen LogP contribution is -2.12. The van der Waals surface area contributed by atoms with Gasteiger partial charge in [-0.2, -0.15) is 0 Å². The summed E-state index contributed by atoms with van der Waals surface area (Å²) in [5.74, 6) is 0.548. The zero-order chi connectivity index (χ0) is 11.4. The second kappa shape index (κ2) is 4.70. The summed E-state index contributed by atoms with van der Waals surface area (Å²) in [6.45, 7) is 0. The number of rotatable bonds is 4. The Kier molecular flexibility index (Phi) is 3.56. The van der Waals surface area contributed by atoms with E-state index in [9.17, 15) is 10.1 Å². The molecule has 0 radical (unpaired) electrons. The molecule has 0 aromatic heterocycles. The average Bonchev–Trinajstić information content (AvgIpc) is 2.16. The first-order valence-corrected chi connectivity index (χ1v) is 4.55. The zero-order valence-electron chi connectivity index (χ0n) is 8.10. The quantitative estimate of drug-likeness (QED) is 0.477. The summed E-state index contributed by atoms with van der Waals surface area (Å²) >= 11 is 4.72. The highest BCUT2D eigenvalue weighted by atomic mass is 32.1. The van der Waals surface area contributed by atoms with Crippen molar-refractivity contribution in [3.8, 4) is 5.75 Å². The molecule has 0 fully saturated rings. The monoisotopic (exact) mass is 226 g/mol. The summed E-state index contributed by atoms with van der Waals surface area (Å²) in [6.07, 6.45) is 0.197. The molecule has 0 heterocycles. The van der Waals surface area contributed by atoms with Crippen LogP contribution in [0.15, 0.2) is 18.2 Å². The number of benzene rings is 1. The molecule has 80 valence electrons. The van der Waals surface area contributed by atoms with E-state index >= 15 is 0 Å². The van der Waals surface area contributed by atoms with Gasteiger partial charge in [-0.1, -0.05) is 12.2 Å². The van der Waals surface area contributed by atoms with Crippen LogP contribution < -0.4 is 10.5 Å². The van der Waals surface area contributed by atoms with Gasteiger partial charge in [-0.05, 0) is 12.1 Å². The standard InChI is InChI=1S/C9H10N2O3S/c1-14-7-2-3-8(11(12)13)6(4-7)5-9(10)15/h2-4H,5H2,1H3,(H2,10,15). The lowest BCUT2D eigenvalue weighted by molar-refractivity contribution is -0.385. The fourth-order valence-electron chi connectivity index (χ4n) is 1.20. The van der Waals surface area contributed by atoms with Gasteiger partial charge in [-0.15, -0.1) is 0 Å². The van der Waals surface area contributed by atoms with Gasteiger partial charge in [0.25, 0.3) is 5.69 Å². The third kappa shape index (κ3) is 2.88. The van der Waals surface area contributed by atoms with Crippen LogP contribution in [0, 0.1) is 10.1 Å². The Labute approximate surface area is 92.0 Å². The van der Waals surface area contributed by atoms with Gasteiger partial charge in [0.15, 0.2) is 0 Å². The van der Waals surface area contributed by atoms with Crippen molar-refractivity contribution in [2.45, 2.75) is 6.42 Å². The predicted octanol–water partition coefficient (Wildman–Crippen LogP) is 1.43. The summed E-state index contributed by atoms with van der Waals surface area (Å²) in [5, 5.41) is 10.7. The molecule has 0 saturated carbocycles. The number of nitrogens with zero attached hydrogens (tertiary/aromatic N) is 1. The molecule has 0 amide bonds. The van der Waals surface area contributed by atoms with Crippen LogP contribution in [0.5, 0.6) is 5.75 Å². The SMILES string of the molecule is COc1ccc([N+](=O)[O-])c(CC(N)=S)c1. The van der Waals surface area contributed by atoms with Crippen molar-refractivity contribution in [2.24, 2.45) is 5.73 Å². The molecule has 1 aromatic carbocycles. The summed E-state index contributed by atoms with van der Waals surface area (Å²) < 4.78 is 4.96. The number of nitro benzene ring substituents is 1. The van der Waals surface area contributed by atoms with E-state index in [1.807, 2.05) is 0 Å². The van der Waals surface area contributed by atoms with E-state index < -0.39 is 4.92 Å². The molecule has 0 spiro atoms. The van der Waals surface area contributed by atoms with Gasteiger partial charge in [0.1, 0.15) is 5.75 Å². The molecule has 15 heavy (non-hydrogen) atoms. The maximum absolute atomic E-state index is 10.7. The van der Waals surface area contributed by atoms with Gasteiger partial charge in [0.2, 0.25) is 0 Å². The molecule has 0 bridgehead atoms. The molecule has 1 rings (SSSR count). The second-order valence-electron chi connectivity index (χ2n) is 2.89. The van der Waals surface area contributed by atoms with Gasteiger partial charge in [-0.25, -0.2) is 0 Å². The smallest absolute Gasteiger partial charge is 0.273 e. The third-order valence-electron chi connectivity index (χ3n) is 1.85. The molecule has 0 aliphatic heterocycles. The Morgan fingerprint density at radius 2 is 2.33 bits per heavy atom. The fraction of sp³-hybridized carbons (Fsp3) is 0.222. The molecule has 2 N–H and O–H groups in total. The summed E-state index contributed by atoms with van der Waals surface area (Å²) in [5.41, 5.74) is 5.82. The Bertz CT molecular complexity index is 406. The van der Waals surface area contributed by atoms with E-state index in [0.29, 0.717) is 11.3 Å². The van der Waals surface area contributed by atoms with Gasteiger partial charge >= 0.3 is 0 Å². The number of hydrogen-bond donors (Lipinski definition) is 1. The Hall–Kier alpha value is -1.69. The van der Waals surface area contributed by atoms with Crippen molar-refractivity contribution in [1.82, 2.24) is 0 Å². The van der Waals surface area contributed by atoms with Crippen molar-refractivity contribution in [2.75, 3.05) is 7.11 Å². The summed E-state index contributed by atoms with van der Waals surface area (Å²) in [7, 11) is 1.49. The van der Waals surface area contributed by atoms with Crippen LogP contribution >= 0.6 is 12.2 Å². The highest BCUT2D eigenvalue weighted by Crippen LogP contribution is 2.24. The van der Waals surface area contributed by atoms with Crippen LogP contribution in [-0.2, 0) is 6.42 Å². The summed E-state index contributed by atoms with van der Waals surface area (Å²) in [6, 6.07) is 4.48. The lowest BCUT2D eigenvalue weighted by atomic mass is 10.1. The first kappa shape index (κ1) is 11.4. The molecule has 1 aromatic rings. The maximum Gasteiger partial charge on any atom is 0.273 e. The van der Waals surface area contributed by atoms with Crippen LogP contribution in [-0.4, -0.2) is 17.0 Å². The van der Waals surface area contributed by atoms with E-state index in [2.05, 4.69) is 0 Å². The zero-order valence-corrected chi connectivity index (χ0v) is 8.91. The van der Waals surface area contributed by atoms with Crippen molar-refractivity contribution >= 4 is 22.9 Å². The predicted molar refractivity (Wildman–Crippen MR) is 60.1 cm³/mol.